The molecule has 0 aromatic heterocycles. The molecule has 0 bridgehead atoms. The molecule has 0 saturated carbocycles. The molecule has 1 atom stereocenters. The van der Waals surface area contributed by atoms with Crippen LogP contribution in [-0.2, 0) is 11.3 Å². The maximum atomic E-state index is 12.2. The van der Waals surface area contributed by atoms with Gasteiger partial charge in [-0.05, 0) is 35.4 Å². The number of nitrogens with one attached hydrogen (secondary N) is 2. The zero-order chi connectivity index (χ0) is 16.9. The van der Waals surface area contributed by atoms with Gasteiger partial charge in [-0.3, -0.25) is 4.79 Å². The molecule has 0 saturated heterocycles. The molecule has 0 spiro atoms. The minimum Gasteiger partial charge on any atom is -0.326 e. The molecular weight excluding hydrogens is 296 g/mol. The van der Waals surface area contributed by atoms with Crippen LogP contribution in [-0.4, -0.2) is 19.5 Å². The number of hydrogen-bond donors (Lipinski definition) is 2. The summed E-state index contributed by atoms with van der Waals surface area (Å²) in [4.78, 5) is 13.4. The fourth-order valence-electron chi connectivity index (χ4n) is 2.94. The Labute approximate surface area is 142 Å². The van der Waals surface area contributed by atoms with Gasteiger partial charge >= 0.3 is 0 Å². The highest BCUT2D eigenvalue weighted by atomic mass is 16.2. The second-order valence-corrected chi connectivity index (χ2v) is 6.36. The van der Waals surface area contributed by atoms with Gasteiger partial charge in [0, 0.05) is 11.3 Å². The SMILES string of the molecule is Cc1ccccc1NC(=O)C[NH+](C)Cc1ccc2ccccc2c1. The molecule has 3 rings (SSSR count). The maximum Gasteiger partial charge on any atom is 0.279 e. The Morgan fingerprint density at radius 2 is 1.67 bits per heavy atom. The van der Waals surface area contributed by atoms with Crippen molar-refractivity contribution in [3.63, 3.8) is 0 Å². The number of amides is 1. The van der Waals surface area contributed by atoms with Crippen LogP contribution in [0.5, 0.6) is 0 Å². The normalized spacial score (nSPS) is 12.1. The van der Waals surface area contributed by atoms with E-state index in [1.807, 2.05) is 38.2 Å². The summed E-state index contributed by atoms with van der Waals surface area (Å²) in [5, 5.41) is 5.49. The second kappa shape index (κ2) is 7.28. The molecular formula is C21H23N2O+. The third-order valence-corrected chi connectivity index (χ3v) is 4.20. The Morgan fingerprint density at radius 3 is 2.46 bits per heavy atom. The Balaban J connectivity index is 1.61. The van der Waals surface area contributed by atoms with Crippen molar-refractivity contribution in [3.8, 4) is 0 Å². The lowest BCUT2D eigenvalue weighted by Gasteiger charge is -2.15. The van der Waals surface area contributed by atoms with E-state index >= 15 is 0 Å². The number of likely N-dealkylation sites (N-methyl/N-ethyl adjacent to an activating group) is 1. The van der Waals surface area contributed by atoms with E-state index in [0.717, 1.165) is 22.7 Å². The van der Waals surface area contributed by atoms with E-state index in [1.54, 1.807) is 0 Å². The number of fused-ring (bicyclic) bond motifs is 1. The van der Waals surface area contributed by atoms with Gasteiger partial charge in [-0.2, -0.15) is 0 Å². The molecule has 0 radical (unpaired) electrons. The Kier molecular flexibility index (Phi) is 4.92. The van der Waals surface area contributed by atoms with E-state index in [-0.39, 0.29) is 5.91 Å². The summed E-state index contributed by atoms with van der Waals surface area (Å²) in [6, 6.07) is 22.7. The molecule has 2 N–H and O–H groups in total. The molecule has 0 aliphatic heterocycles. The van der Waals surface area contributed by atoms with Gasteiger partial charge in [0.1, 0.15) is 6.54 Å². The standard InChI is InChI=1S/C21H22N2O/c1-16-7-3-6-10-20(16)22-21(24)15-23(2)14-17-11-12-18-8-4-5-9-19(18)13-17/h3-13H,14-15H2,1-2H3,(H,22,24)/p+1. The van der Waals surface area contributed by atoms with Crippen LogP contribution in [0.15, 0.2) is 66.7 Å². The van der Waals surface area contributed by atoms with Gasteiger partial charge in [0.15, 0.2) is 6.54 Å². The van der Waals surface area contributed by atoms with E-state index in [2.05, 4.69) is 47.8 Å². The van der Waals surface area contributed by atoms with E-state index in [4.69, 9.17) is 0 Å². The first-order chi connectivity index (χ1) is 11.6. The second-order valence-electron chi connectivity index (χ2n) is 6.36. The van der Waals surface area contributed by atoms with Crippen molar-refractivity contribution in [3.05, 3.63) is 77.9 Å². The van der Waals surface area contributed by atoms with Gasteiger partial charge in [0.25, 0.3) is 5.91 Å². The van der Waals surface area contributed by atoms with Gasteiger partial charge in [-0.15, -0.1) is 0 Å². The number of aryl methyl sites for hydroxylation is 1. The predicted molar refractivity (Wildman–Crippen MR) is 99.2 cm³/mol. The number of hydrogen-bond acceptors (Lipinski definition) is 1. The maximum absolute atomic E-state index is 12.2. The van der Waals surface area contributed by atoms with Crippen LogP contribution in [0.4, 0.5) is 5.69 Å². The molecule has 3 aromatic rings. The van der Waals surface area contributed by atoms with E-state index < -0.39 is 0 Å². The Morgan fingerprint density at radius 1 is 0.958 bits per heavy atom. The number of anilines is 1. The number of benzene rings is 3. The predicted octanol–water partition coefficient (Wildman–Crippen LogP) is 2.80. The third-order valence-electron chi connectivity index (χ3n) is 4.20. The van der Waals surface area contributed by atoms with Crippen LogP contribution in [0.3, 0.4) is 0 Å². The molecule has 3 aromatic carbocycles. The van der Waals surface area contributed by atoms with Crippen molar-refractivity contribution < 1.29 is 9.69 Å². The lowest BCUT2D eigenvalue weighted by molar-refractivity contribution is -0.885. The van der Waals surface area contributed by atoms with Gasteiger partial charge < -0.3 is 10.2 Å². The lowest BCUT2D eigenvalue weighted by Crippen LogP contribution is -3.08. The highest BCUT2D eigenvalue weighted by molar-refractivity contribution is 5.92. The summed E-state index contributed by atoms with van der Waals surface area (Å²) in [6.07, 6.45) is 0. The molecule has 0 fully saturated rings. The largest absolute Gasteiger partial charge is 0.326 e. The first kappa shape index (κ1) is 16.2. The zero-order valence-corrected chi connectivity index (χ0v) is 14.2. The number of carbonyl (C=O) groups is 1. The summed E-state index contributed by atoms with van der Waals surface area (Å²) in [5.41, 5.74) is 3.22. The van der Waals surface area contributed by atoms with E-state index in [9.17, 15) is 4.79 Å². The highest BCUT2D eigenvalue weighted by Gasteiger charge is 2.12. The number of quaternary nitrogens is 1. The van der Waals surface area contributed by atoms with Crippen LogP contribution in [0.2, 0.25) is 0 Å². The van der Waals surface area contributed by atoms with Crippen molar-refractivity contribution in [2.24, 2.45) is 0 Å². The molecule has 1 amide bonds. The quantitative estimate of drug-likeness (QED) is 0.745. The van der Waals surface area contributed by atoms with Crippen LogP contribution in [0.25, 0.3) is 10.8 Å². The summed E-state index contributed by atoms with van der Waals surface area (Å²) in [7, 11) is 2.05. The van der Waals surface area contributed by atoms with Crippen molar-refractivity contribution in [2.75, 3.05) is 18.9 Å². The van der Waals surface area contributed by atoms with Crippen molar-refractivity contribution >= 4 is 22.4 Å². The monoisotopic (exact) mass is 319 g/mol. The number of rotatable bonds is 5. The Hall–Kier alpha value is -2.65. The number of para-hydroxylation sites is 1. The van der Waals surface area contributed by atoms with Crippen molar-refractivity contribution in [1.82, 2.24) is 0 Å². The van der Waals surface area contributed by atoms with Gasteiger partial charge in [0.05, 0.1) is 7.05 Å². The first-order valence-electron chi connectivity index (χ1n) is 8.26. The van der Waals surface area contributed by atoms with Crippen LogP contribution in [0.1, 0.15) is 11.1 Å². The van der Waals surface area contributed by atoms with Crippen LogP contribution in [0, 0.1) is 6.92 Å². The molecule has 3 heteroatoms. The smallest absolute Gasteiger partial charge is 0.279 e. The van der Waals surface area contributed by atoms with Crippen LogP contribution >= 0.6 is 0 Å². The summed E-state index contributed by atoms with van der Waals surface area (Å²) >= 11 is 0. The summed E-state index contributed by atoms with van der Waals surface area (Å²) in [6.45, 7) is 3.27. The average molecular weight is 319 g/mol. The topological polar surface area (TPSA) is 33.5 Å². The summed E-state index contributed by atoms with van der Waals surface area (Å²) < 4.78 is 0. The number of carbonyl (C=O) groups excluding carboxylic acids is 1. The molecule has 0 aliphatic rings. The highest BCUT2D eigenvalue weighted by Crippen LogP contribution is 2.15. The fraction of sp³-hybridized carbons (Fsp3) is 0.190. The van der Waals surface area contributed by atoms with E-state index in [1.165, 1.54) is 16.3 Å². The van der Waals surface area contributed by atoms with Gasteiger partial charge in [0.2, 0.25) is 0 Å². The van der Waals surface area contributed by atoms with Crippen molar-refractivity contribution in [2.45, 2.75) is 13.5 Å². The van der Waals surface area contributed by atoms with Crippen LogP contribution < -0.4 is 10.2 Å². The molecule has 3 nitrogen and oxygen atoms in total. The third kappa shape index (κ3) is 4.00. The van der Waals surface area contributed by atoms with Gasteiger partial charge in [-0.1, -0.05) is 54.6 Å². The minimum atomic E-state index is 0.0441. The van der Waals surface area contributed by atoms with Crippen molar-refractivity contribution in [1.29, 1.82) is 0 Å². The van der Waals surface area contributed by atoms with E-state index in [0.29, 0.717) is 6.54 Å². The molecule has 1 unspecified atom stereocenters. The lowest BCUT2D eigenvalue weighted by atomic mass is 10.1. The zero-order valence-electron chi connectivity index (χ0n) is 14.2. The molecule has 122 valence electrons. The average Bonchev–Trinajstić information content (AvgIpc) is 2.56. The fourth-order valence-corrected chi connectivity index (χ4v) is 2.94. The molecule has 0 heterocycles. The molecule has 0 aliphatic carbocycles. The summed E-state index contributed by atoms with van der Waals surface area (Å²) in [5.74, 6) is 0.0441. The minimum absolute atomic E-state index is 0.0441. The Bertz CT molecular complexity index is 857. The first-order valence-corrected chi connectivity index (χ1v) is 8.26. The van der Waals surface area contributed by atoms with Gasteiger partial charge in [-0.25, -0.2) is 0 Å². The molecule has 24 heavy (non-hydrogen) atoms.